The largest absolute Gasteiger partial charge is 0.392 e. The number of benzene rings is 1. The van der Waals surface area contributed by atoms with Gasteiger partial charge >= 0.3 is 0 Å². The van der Waals surface area contributed by atoms with Crippen molar-refractivity contribution >= 4 is 11.0 Å². The highest BCUT2D eigenvalue weighted by Gasteiger charge is 2.24. The molecule has 2 rings (SSSR count). The number of aromatic nitrogens is 2. The van der Waals surface area contributed by atoms with Gasteiger partial charge in [-0.05, 0) is 39.3 Å². The van der Waals surface area contributed by atoms with Crippen LogP contribution in [-0.4, -0.2) is 26.3 Å². The number of rotatable bonds is 6. The topological polar surface area (TPSA) is 50.1 Å². The first-order valence-electron chi connectivity index (χ1n) is 7.33. The smallest absolute Gasteiger partial charge is 0.123 e. The molecular weight excluding hydrogens is 250 g/mol. The summed E-state index contributed by atoms with van der Waals surface area (Å²) >= 11 is 0. The molecule has 0 fully saturated rings. The van der Waals surface area contributed by atoms with Crippen LogP contribution < -0.4 is 5.32 Å². The summed E-state index contributed by atoms with van der Waals surface area (Å²) in [6.07, 6.45) is 0.666. The Morgan fingerprint density at radius 1 is 1.35 bits per heavy atom. The molecule has 20 heavy (non-hydrogen) atoms. The molecule has 4 heteroatoms. The van der Waals surface area contributed by atoms with Crippen molar-refractivity contribution in [3.05, 3.63) is 30.1 Å². The maximum absolute atomic E-state index is 9.78. The quantitative estimate of drug-likeness (QED) is 0.852. The van der Waals surface area contributed by atoms with Crippen LogP contribution in [0.4, 0.5) is 0 Å². The Hall–Kier alpha value is -1.39. The Morgan fingerprint density at radius 3 is 2.70 bits per heavy atom. The first-order chi connectivity index (χ1) is 9.45. The van der Waals surface area contributed by atoms with E-state index >= 15 is 0 Å². The molecule has 110 valence electrons. The van der Waals surface area contributed by atoms with E-state index in [-0.39, 0.29) is 5.54 Å². The summed E-state index contributed by atoms with van der Waals surface area (Å²) in [6.45, 7) is 9.61. The normalized spacial score (nSPS) is 13.8. The lowest BCUT2D eigenvalue weighted by atomic mass is 9.99. The second kappa shape index (κ2) is 5.94. The van der Waals surface area contributed by atoms with Crippen molar-refractivity contribution in [2.45, 2.75) is 58.8 Å². The van der Waals surface area contributed by atoms with E-state index in [1.165, 1.54) is 5.52 Å². The van der Waals surface area contributed by atoms with E-state index in [4.69, 9.17) is 4.98 Å². The fourth-order valence-corrected chi connectivity index (χ4v) is 2.19. The van der Waals surface area contributed by atoms with Crippen molar-refractivity contribution in [3.8, 4) is 0 Å². The molecule has 0 aliphatic rings. The SMILES string of the molecule is CCCn1c(CNC(C)(C)C(C)O)nc2ccccc21. The van der Waals surface area contributed by atoms with E-state index in [1.54, 1.807) is 0 Å². The van der Waals surface area contributed by atoms with Gasteiger partial charge in [-0.25, -0.2) is 4.98 Å². The van der Waals surface area contributed by atoms with Gasteiger partial charge in [0.25, 0.3) is 0 Å². The lowest BCUT2D eigenvalue weighted by Crippen LogP contribution is -2.48. The molecular formula is C16H25N3O. The van der Waals surface area contributed by atoms with Gasteiger partial charge in [-0.15, -0.1) is 0 Å². The maximum atomic E-state index is 9.78. The molecule has 0 bridgehead atoms. The van der Waals surface area contributed by atoms with Crippen LogP contribution in [0.25, 0.3) is 11.0 Å². The van der Waals surface area contributed by atoms with Crippen molar-refractivity contribution < 1.29 is 5.11 Å². The average molecular weight is 275 g/mol. The maximum Gasteiger partial charge on any atom is 0.123 e. The Kier molecular flexibility index (Phi) is 4.45. The van der Waals surface area contributed by atoms with Gasteiger partial charge in [-0.1, -0.05) is 19.1 Å². The summed E-state index contributed by atoms with van der Waals surface area (Å²) in [5.41, 5.74) is 1.89. The lowest BCUT2D eigenvalue weighted by Gasteiger charge is -2.29. The number of aryl methyl sites for hydroxylation is 1. The number of nitrogens with one attached hydrogen (secondary N) is 1. The minimum Gasteiger partial charge on any atom is -0.392 e. The number of nitrogens with zero attached hydrogens (tertiary/aromatic N) is 2. The highest BCUT2D eigenvalue weighted by atomic mass is 16.3. The summed E-state index contributed by atoms with van der Waals surface area (Å²) in [4.78, 5) is 4.71. The number of para-hydroxylation sites is 2. The molecule has 1 unspecified atom stereocenters. The first-order valence-corrected chi connectivity index (χ1v) is 7.33. The second-order valence-electron chi connectivity index (χ2n) is 5.92. The molecule has 0 aliphatic heterocycles. The summed E-state index contributed by atoms with van der Waals surface area (Å²) in [6, 6.07) is 8.22. The molecule has 0 saturated heterocycles. The first kappa shape index (κ1) is 15.0. The molecule has 2 N–H and O–H groups in total. The summed E-state index contributed by atoms with van der Waals surface area (Å²) in [5, 5.41) is 13.2. The van der Waals surface area contributed by atoms with E-state index in [2.05, 4.69) is 22.9 Å². The van der Waals surface area contributed by atoms with Gasteiger partial charge in [-0.3, -0.25) is 0 Å². The van der Waals surface area contributed by atoms with Crippen LogP contribution in [0.5, 0.6) is 0 Å². The van der Waals surface area contributed by atoms with Gasteiger partial charge in [0.2, 0.25) is 0 Å². The standard InChI is InChI=1S/C16H25N3O/c1-5-10-19-14-9-7-6-8-13(14)18-15(19)11-17-16(3,4)12(2)20/h6-9,12,17,20H,5,10-11H2,1-4H3. The van der Waals surface area contributed by atoms with E-state index in [1.807, 2.05) is 39.0 Å². The Balaban J connectivity index is 2.27. The molecule has 1 aromatic heterocycles. The molecule has 0 radical (unpaired) electrons. The third-order valence-corrected chi connectivity index (χ3v) is 3.93. The average Bonchev–Trinajstić information content (AvgIpc) is 2.75. The predicted molar refractivity (Wildman–Crippen MR) is 82.6 cm³/mol. The number of imidazole rings is 1. The van der Waals surface area contributed by atoms with Crippen molar-refractivity contribution in [2.24, 2.45) is 0 Å². The number of aliphatic hydroxyl groups excluding tert-OH is 1. The molecule has 0 spiro atoms. The van der Waals surface area contributed by atoms with Gasteiger partial charge in [0.1, 0.15) is 5.82 Å². The minimum absolute atomic E-state index is 0.324. The predicted octanol–water partition coefficient (Wildman–Crippen LogP) is 2.70. The van der Waals surface area contributed by atoms with E-state index in [0.29, 0.717) is 6.54 Å². The summed E-state index contributed by atoms with van der Waals surface area (Å²) in [7, 11) is 0. The third kappa shape index (κ3) is 3.02. The van der Waals surface area contributed by atoms with Crippen molar-refractivity contribution in [3.63, 3.8) is 0 Å². The number of hydrogen-bond donors (Lipinski definition) is 2. The zero-order valence-electron chi connectivity index (χ0n) is 12.8. The molecule has 0 saturated carbocycles. The Labute approximate surface area is 120 Å². The van der Waals surface area contributed by atoms with Gasteiger partial charge in [0.15, 0.2) is 0 Å². The van der Waals surface area contributed by atoms with Crippen LogP contribution in [0.15, 0.2) is 24.3 Å². The van der Waals surface area contributed by atoms with Gasteiger partial charge < -0.3 is 15.0 Å². The van der Waals surface area contributed by atoms with E-state index < -0.39 is 6.10 Å². The van der Waals surface area contributed by atoms with Gasteiger partial charge in [0.05, 0.1) is 23.7 Å². The van der Waals surface area contributed by atoms with Gasteiger partial charge in [0, 0.05) is 12.1 Å². The fraction of sp³-hybridized carbons (Fsp3) is 0.562. The molecule has 1 atom stereocenters. The van der Waals surface area contributed by atoms with Crippen LogP contribution >= 0.6 is 0 Å². The highest BCUT2D eigenvalue weighted by molar-refractivity contribution is 5.75. The van der Waals surface area contributed by atoms with Crippen molar-refractivity contribution in [2.75, 3.05) is 0 Å². The van der Waals surface area contributed by atoms with Gasteiger partial charge in [-0.2, -0.15) is 0 Å². The highest BCUT2D eigenvalue weighted by Crippen LogP contribution is 2.17. The molecule has 0 amide bonds. The Morgan fingerprint density at radius 2 is 2.05 bits per heavy atom. The number of hydrogen-bond acceptors (Lipinski definition) is 3. The van der Waals surface area contributed by atoms with Crippen LogP contribution in [0.1, 0.15) is 39.9 Å². The van der Waals surface area contributed by atoms with Crippen LogP contribution in [-0.2, 0) is 13.1 Å². The third-order valence-electron chi connectivity index (χ3n) is 3.93. The molecule has 1 aromatic carbocycles. The van der Waals surface area contributed by atoms with Crippen LogP contribution in [0, 0.1) is 0 Å². The van der Waals surface area contributed by atoms with E-state index in [0.717, 1.165) is 24.3 Å². The van der Waals surface area contributed by atoms with Crippen LogP contribution in [0.3, 0.4) is 0 Å². The molecule has 0 aliphatic carbocycles. The molecule has 2 aromatic rings. The lowest BCUT2D eigenvalue weighted by molar-refractivity contribution is 0.0949. The molecule has 4 nitrogen and oxygen atoms in total. The van der Waals surface area contributed by atoms with Crippen LogP contribution in [0.2, 0.25) is 0 Å². The monoisotopic (exact) mass is 275 g/mol. The summed E-state index contributed by atoms with van der Waals surface area (Å²) in [5.74, 6) is 1.03. The minimum atomic E-state index is -0.411. The number of aliphatic hydroxyl groups is 1. The second-order valence-corrected chi connectivity index (χ2v) is 5.92. The van der Waals surface area contributed by atoms with Crippen molar-refractivity contribution in [1.82, 2.24) is 14.9 Å². The fourth-order valence-electron chi connectivity index (χ4n) is 2.19. The Bertz CT molecular complexity index is 572. The molecule has 1 heterocycles. The van der Waals surface area contributed by atoms with Crippen molar-refractivity contribution in [1.29, 1.82) is 0 Å². The zero-order valence-corrected chi connectivity index (χ0v) is 12.8. The summed E-state index contributed by atoms with van der Waals surface area (Å²) < 4.78 is 2.26. The number of fused-ring (bicyclic) bond motifs is 1. The van der Waals surface area contributed by atoms with E-state index in [9.17, 15) is 5.11 Å². The zero-order chi connectivity index (χ0) is 14.8.